The molecule has 1 aromatic rings. The van der Waals surface area contributed by atoms with Crippen LogP contribution in [0.15, 0.2) is 0 Å². The van der Waals surface area contributed by atoms with E-state index in [-0.39, 0.29) is 30.8 Å². The van der Waals surface area contributed by atoms with Gasteiger partial charge in [0.2, 0.25) is 0 Å². The molecule has 0 bridgehead atoms. The minimum Gasteiger partial charge on any atom is -0.472 e. The second-order valence-corrected chi connectivity index (χ2v) is 7.65. The van der Waals surface area contributed by atoms with Gasteiger partial charge in [-0.3, -0.25) is 14.8 Å². The summed E-state index contributed by atoms with van der Waals surface area (Å²) in [5.74, 6) is -0.0835. The Morgan fingerprint density at radius 2 is 2.18 bits per heavy atom. The first-order chi connectivity index (χ1) is 13.1. The minimum absolute atomic E-state index is 0.0835. The predicted octanol–water partition coefficient (Wildman–Crippen LogP) is 1.72. The highest BCUT2D eigenvalue weighted by Gasteiger charge is 2.32. The Hall–Kier alpha value is -2.40. The van der Waals surface area contributed by atoms with Gasteiger partial charge in [-0.15, -0.1) is 5.10 Å². The molecule has 2 atom stereocenters. The van der Waals surface area contributed by atoms with Crippen molar-refractivity contribution in [1.82, 2.24) is 15.1 Å². The van der Waals surface area contributed by atoms with Crippen LogP contribution in [0.3, 0.4) is 0 Å². The normalized spacial score (nSPS) is 19.9. The second-order valence-electron chi connectivity index (χ2n) is 7.65. The molecular formula is C17H28N4O7. The van der Waals surface area contributed by atoms with Crippen molar-refractivity contribution < 1.29 is 29.0 Å². The Labute approximate surface area is 163 Å². The van der Waals surface area contributed by atoms with E-state index in [0.29, 0.717) is 31.7 Å². The molecule has 158 valence electrons. The number of hydrogen-bond donors (Lipinski definition) is 2. The second kappa shape index (κ2) is 9.20. The van der Waals surface area contributed by atoms with Gasteiger partial charge in [-0.25, -0.2) is 4.79 Å². The van der Waals surface area contributed by atoms with Crippen molar-refractivity contribution in [3.05, 3.63) is 15.8 Å². The molecule has 0 spiro atoms. The molecule has 28 heavy (non-hydrogen) atoms. The maximum absolute atomic E-state index is 11.6. The molecule has 1 amide bonds. The van der Waals surface area contributed by atoms with Crippen LogP contribution in [-0.4, -0.2) is 64.0 Å². The summed E-state index contributed by atoms with van der Waals surface area (Å²) in [6.07, 6.45) is -0.342. The quantitative estimate of drug-likeness (QED) is 0.401. The zero-order chi connectivity index (χ0) is 20.9. The van der Waals surface area contributed by atoms with E-state index in [0.717, 1.165) is 0 Å². The first-order valence-electron chi connectivity index (χ1n) is 9.17. The SMILES string of the molecule is Cc1c([N+](=O)[O-])c(OCCCNC(=O)OC(C)(C)C)nn1C1COCC(O)C1. The molecule has 1 aliphatic rings. The summed E-state index contributed by atoms with van der Waals surface area (Å²) >= 11 is 0. The van der Waals surface area contributed by atoms with Crippen LogP contribution in [0.5, 0.6) is 5.88 Å². The Balaban J connectivity index is 1.93. The zero-order valence-corrected chi connectivity index (χ0v) is 16.6. The number of carbonyl (C=O) groups is 1. The molecule has 2 rings (SSSR count). The van der Waals surface area contributed by atoms with E-state index in [1.807, 2.05) is 0 Å². The third-order valence-corrected chi connectivity index (χ3v) is 4.01. The van der Waals surface area contributed by atoms with Crippen molar-refractivity contribution in [3.8, 4) is 5.88 Å². The van der Waals surface area contributed by atoms with Crippen LogP contribution in [0, 0.1) is 17.0 Å². The van der Waals surface area contributed by atoms with E-state index >= 15 is 0 Å². The van der Waals surface area contributed by atoms with Gasteiger partial charge < -0.3 is 24.6 Å². The van der Waals surface area contributed by atoms with Gasteiger partial charge in [0.15, 0.2) is 0 Å². The first kappa shape index (κ1) is 21.9. The lowest BCUT2D eigenvalue weighted by Crippen LogP contribution is -2.33. The summed E-state index contributed by atoms with van der Waals surface area (Å²) in [7, 11) is 0. The van der Waals surface area contributed by atoms with Crippen LogP contribution < -0.4 is 10.1 Å². The van der Waals surface area contributed by atoms with E-state index in [1.54, 1.807) is 27.7 Å². The molecule has 0 aliphatic carbocycles. The highest BCUT2D eigenvalue weighted by Crippen LogP contribution is 2.33. The molecule has 2 heterocycles. The Morgan fingerprint density at radius 3 is 2.79 bits per heavy atom. The number of aliphatic hydroxyl groups is 1. The molecule has 0 radical (unpaired) electrons. The van der Waals surface area contributed by atoms with Crippen molar-refractivity contribution >= 4 is 11.8 Å². The topological polar surface area (TPSA) is 138 Å². The Kier molecular flexibility index (Phi) is 7.19. The summed E-state index contributed by atoms with van der Waals surface area (Å²) in [6, 6.07) is -0.298. The molecule has 1 aromatic heterocycles. The summed E-state index contributed by atoms with van der Waals surface area (Å²) in [4.78, 5) is 22.5. The maximum atomic E-state index is 11.6. The number of rotatable bonds is 7. The standard InChI is InChI=1S/C17H28N4O7/c1-11-14(21(24)25)15(19-20(11)12-8-13(22)10-26-9-12)27-7-5-6-18-16(23)28-17(2,3)4/h12-13,22H,5-10H2,1-4H3,(H,18,23). The number of alkyl carbamates (subject to hydrolysis) is 1. The molecule has 1 saturated heterocycles. The van der Waals surface area contributed by atoms with Gasteiger partial charge in [-0.05, 0) is 34.1 Å². The fourth-order valence-electron chi connectivity index (χ4n) is 2.85. The van der Waals surface area contributed by atoms with Gasteiger partial charge in [0.05, 0.1) is 36.9 Å². The third-order valence-electron chi connectivity index (χ3n) is 4.01. The first-order valence-corrected chi connectivity index (χ1v) is 9.17. The molecule has 1 aliphatic heterocycles. The lowest BCUT2D eigenvalue weighted by Gasteiger charge is -2.26. The molecule has 2 unspecified atom stereocenters. The molecule has 11 nitrogen and oxygen atoms in total. The fourth-order valence-corrected chi connectivity index (χ4v) is 2.85. The van der Waals surface area contributed by atoms with Crippen molar-refractivity contribution in [3.63, 3.8) is 0 Å². The monoisotopic (exact) mass is 400 g/mol. The van der Waals surface area contributed by atoms with Gasteiger partial charge in [0, 0.05) is 13.0 Å². The summed E-state index contributed by atoms with van der Waals surface area (Å²) in [5.41, 5.74) is -0.447. The van der Waals surface area contributed by atoms with E-state index in [2.05, 4.69) is 10.4 Å². The van der Waals surface area contributed by atoms with Crippen LogP contribution in [0.2, 0.25) is 0 Å². The van der Waals surface area contributed by atoms with E-state index in [1.165, 1.54) is 4.68 Å². The highest BCUT2D eigenvalue weighted by atomic mass is 16.6. The van der Waals surface area contributed by atoms with Crippen LogP contribution in [0.25, 0.3) is 0 Å². The van der Waals surface area contributed by atoms with E-state index in [4.69, 9.17) is 14.2 Å². The lowest BCUT2D eigenvalue weighted by atomic mass is 10.1. The number of ether oxygens (including phenoxy) is 3. The largest absolute Gasteiger partial charge is 0.472 e. The number of hydrogen-bond acceptors (Lipinski definition) is 8. The number of nitro groups is 1. The Bertz CT molecular complexity index is 698. The zero-order valence-electron chi connectivity index (χ0n) is 16.6. The summed E-state index contributed by atoms with van der Waals surface area (Å²) < 4.78 is 17.4. The molecule has 11 heteroatoms. The molecule has 2 N–H and O–H groups in total. The smallest absolute Gasteiger partial charge is 0.407 e. The van der Waals surface area contributed by atoms with E-state index in [9.17, 15) is 20.0 Å². The number of amides is 1. The number of nitrogens with zero attached hydrogens (tertiary/aromatic N) is 3. The van der Waals surface area contributed by atoms with Gasteiger partial charge in [0.25, 0.3) is 0 Å². The predicted molar refractivity (Wildman–Crippen MR) is 98.4 cm³/mol. The Morgan fingerprint density at radius 1 is 1.46 bits per heavy atom. The van der Waals surface area contributed by atoms with Gasteiger partial charge in [-0.2, -0.15) is 0 Å². The maximum Gasteiger partial charge on any atom is 0.407 e. The lowest BCUT2D eigenvalue weighted by molar-refractivity contribution is -0.386. The number of nitrogens with one attached hydrogen (secondary N) is 1. The third kappa shape index (κ3) is 6.06. The molecular weight excluding hydrogens is 372 g/mol. The summed E-state index contributed by atoms with van der Waals surface area (Å²) in [5, 5.41) is 28.0. The van der Waals surface area contributed by atoms with Crippen molar-refractivity contribution in [2.24, 2.45) is 0 Å². The van der Waals surface area contributed by atoms with Crippen LogP contribution >= 0.6 is 0 Å². The summed E-state index contributed by atoms with van der Waals surface area (Å²) in [6.45, 7) is 7.88. The van der Waals surface area contributed by atoms with Gasteiger partial charge >= 0.3 is 17.7 Å². The van der Waals surface area contributed by atoms with Crippen LogP contribution in [0.1, 0.15) is 45.3 Å². The van der Waals surface area contributed by atoms with Gasteiger partial charge in [-0.1, -0.05) is 0 Å². The highest BCUT2D eigenvalue weighted by molar-refractivity contribution is 5.67. The molecule has 0 aromatic carbocycles. The van der Waals surface area contributed by atoms with E-state index < -0.39 is 22.7 Å². The molecule has 1 fully saturated rings. The van der Waals surface area contributed by atoms with Crippen molar-refractivity contribution in [1.29, 1.82) is 0 Å². The van der Waals surface area contributed by atoms with Crippen molar-refractivity contribution in [2.75, 3.05) is 26.4 Å². The fraction of sp³-hybridized carbons (Fsp3) is 0.765. The van der Waals surface area contributed by atoms with Gasteiger partial charge in [0.1, 0.15) is 11.3 Å². The van der Waals surface area contributed by atoms with Crippen LogP contribution in [0.4, 0.5) is 10.5 Å². The number of aromatic nitrogens is 2. The average molecular weight is 400 g/mol. The minimum atomic E-state index is -0.635. The molecule has 0 saturated carbocycles. The number of carbonyl (C=O) groups excluding carboxylic acids is 1. The van der Waals surface area contributed by atoms with Crippen molar-refractivity contribution in [2.45, 2.75) is 58.3 Å². The number of aliphatic hydroxyl groups excluding tert-OH is 1. The van der Waals surface area contributed by atoms with Crippen LogP contribution in [-0.2, 0) is 9.47 Å². The average Bonchev–Trinajstić information content (AvgIpc) is 2.89.